The molecular formula is C23H19FN4O2S2. The quantitative estimate of drug-likeness (QED) is 0.389. The van der Waals surface area contributed by atoms with E-state index in [0.29, 0.717) is 15.6 Å². The zero-order chi connectivity index (χ0) is 22.7. The maximum absolute atomic E-state index is 13.3. The number of benzene rings is 2. The minimum Gasteiger partial charge on any atom is -0.329 e. The van der Waals surface area contributed by atoms with Crippen molar-refractivity contribution >= 4 is 45.6 Å². The number of aromatic nitrogens is 2. The summed E-state index contributed by atoms with van der Waals surface area (Å²) in [4.78, 5) is 30.9. The highest BCUT2D eigenvalue weighted by Crippen LogP contribution is 2.29. The summed E-state index contributed by atoms with van der Waals surface area (Å²) in [7, 11) is 1.93. The number of imidazole rings is 1. The Kier molecular flexibility index (Phi) is 6.38. The molecule has 0 unspecified atom stereocenters. The highest BCUT2D eigenvalue weighted by Gasteiger charge is 2.16. The molecule has 0 aliphatic rings. The lowest BCUT2D eigenvalue weighted by molar-refractivity contribution is 0.101. The van der Waals surface area contributed by atoms with Gasteiger partial charge in [-0.15, -0.1) is 11.3 Å². The molecule has 0 radical (unpaired) electrons. The molecule has 6 nitrogen and oxygen atoms in total. The predicted molar refractivity (Wildman–Crippen MR) is 125 cm³/mol. The Morgan fingerprint density at radius 1 is 1.06 bits per heavy atom. The van der Waals surface area contributed by atoms with E-state index in [-0.39, 0.29) is 11.5 Å². The summed E-state index contributed by atoms with van der Waals surface area (Å²) < 4.78 is 15.3. The summed E-state index contributed by atoms with van der Waals surface area (Å²) in [6.07, 6.45) is 3.63. The normalized spacial score (nSPS) is 10.7. The summed E-state index contributed by atoms with van der Waals surface area (Å²) in [5.74, 6) is -1.17. The fourth-order valence-corrected chi connectivity index (χ4v) is 4.70. The van der Waals surface area contributed by atoms with Crippen molar-refractivity contribution in [2.75, 3.05) is 10.6 Å². The molecule has 0 atom stereocenters. The molecule has 4 aromatic rings. The van der Waals surface area contributed by atoms with Crippen LogP contribution in [-0.2, 0) is 7.05 Å². The fourth-order valence-electron chi connectivity index (χ4n) is 2.93. The molecule has 2 amide bonds. The lowest BCUT2D eigenvalue weighted by atomic mass is 10.2. The highest BCUT2D eigenvalue weighted by atomic mass is 32.2. The molecule has 2 N–H and O–H groups in total. The fraction of sp³-hybridized carbons (Fsp3) is 0.0870. The molecule has 0 saturated heterocycles. The Bertz CT molecular complexity index is 1280. The van der Waals surface area contributed by atoms with Crippen LogP contribution >= 0.6 is 23.1 Å². The van der Waals surface area contributed by atoms with Crippen molar-refractivity contribution in [3.8, 4) is 0 Å². The van der Waals surface area contributed by atoms with E-state index in [0.717, 1.165) is 15.6 Å². The van der Waals surface area contributed by atoms with Crippen LogP contribution in [0, 0.1) is 12.7 Å². The van der Waals surface area contributed by atoms with Gasteiger partial charge in [0, 0.05) is 35.6 Å². The number of carbonyl (C=O) groups is 2. The van der Waals surface area contributed by atoms with Crippen LogP contribution in [0.2, 0.25) is 0 Å². The Morgan fingerprint density at radius 3 is 2.53 bits per heavy atom. The van der Waals surface area contributed by atoms with Gasteiger partial charge in [0.1, 0.15) is 5.82 Å². The van der Waals surface area contributed by atoms with Crippen LogP contribution in [0.3, 0.4) is 0 Å². The van der Waals surface area contributed by atoms with Crippen molar-refractivity contribution in [3.05, 3.63) is 88.8 Å². The van der Waals surface area contributed by atoms with Crippen molar-refractivity contribution in [3.63, 3.8) is 0 Å². The van der Waals surface area contributed by atoms with Crippen LogP contribution in [0.25, 0.3) is 0 Å². The third kappa shape index (κ3) is 5.06. The van der Waals surface area contributed by atoms with E-state index in [2.05, 4.69) is 15.6 Å². The largest absolute Gasteiger partial charge is 0.329 e. The molecule has 2 heterocycles. The molecule has 0 spiro atoms. The molecule has 4 rings (SSSR count). The molecule has 9 heteroatoms. The SMILES string of the molecule is Cc1cc(NC(=O)c2cccc(F)c2)sc1C(=O)Nc1ccc(Sc2nccn2C)cc1. The Hall–Kier alpha value is -3.43. The van der Waals surface area contributed by atoms with Crippen LogP contribution in [0.5, 0.6) is 0 Å². The van der Waals surface area contributed by atoms with Crippen molar-refractivity contribution in [1.29, 1.82) is 0 Å². The number of halogens is 1. The molecule has 0 aliphatic carbocycles. The predicted octanol–water partition coefficient (Wildman–Crippen LogP) is 5.58. The number of nitrogens with one attached hydrogen (secondary N) is 2. The van der Waals surface area contributed by atoms with Gasteiger partial charge in [-0.3, -0.25) is 9.59 Å². The van der Waals surface area contributed by atoms with E-state index < -0.39 is 11.7 Å². The monoisotopic (exact) mass is 466 g/mol. The van der Waals surface area contributed by atoms with Gasteiger partial charge in [0.2, 0.25) is 0 Å². The van der Waals surface area contributed by atoms with Crippen LogP contribution in [0.15, 0.2) is 77.0 Å². The third-order valence-electron chi connectivity index (χ3n) is 4.55. The number of nitrogens with zero attached hydrogens (tertiary/aromatic N) is 2. The topological polar surface area (TPSA) is 76.0 Å². The Balaban J connectivity index is 1.41. The first kappa shape index (κ1) is 21.8. The molecule has 0 aliphatic heterocycles. The Labute approximate surface area is 192 Å². The van der Waals surface area contributed by atoms with E-state index in [1.807, 2.05) is 42.1 Å². The summed E-state index contributed by atoms with van der Waals surface area (Å²) in [6.45, 7) is 1.80. The minimum absolute atomic E-state index is 0.213. The summed E-state index contributed by atoms with van der Waals surface area (Å²) in [5, 5.41) is 7.00. The smallest absolute Gasteiger partial charge is 0.266 e. The summed E-state index contributed by atoms with van der Waals surface area (Å²) >= 11 is 2.70. The summed E-state index contributed by atoms with van der Waals surface area (Å²) in [6, 6.07) is 14.7. The molecule has 2 aromatic carbocycles. The van der Waals surface area contributed by atoms with Crippen LogP contribution in [0.1, 0.15) is 25.6 Å². The molecule has 0 bridgehead atoms. The molecule has 2 aromatic heterocycles. The first-order valence-electron chi connectivity index (χ1n) is 9.63. The zero-order valence-electron chi connectivity index (χ0n) is 17.3. The van der Waals surface area contributed by atoms with Gasteiger partial charge in [-0.1, -0.05) is 17.8 Å². The lowest BCUT2D eigenvalue weighted by Crippen LogP contribution is -2.11. The van der Waals surface area contributed by atoms with Gasteiger partial charge in [-0.05, 0) is 61.0 Å². The molecule has 32 heavy (non-hydrogen) atoms. The van der Waals surface area contributed by atoms with E-state index in [9.17, 15) is 14.0 Å². The van der Waals surface area contributed by atoms with E-state index >= 15 is 0 Å². The maximum atomic E-state index is 13.3. The van der Waals surface area contributed by atoms with Crippen LogP contribution in [-0.4, -0.2) is 21.4 Å². The first-order valence-corrected chi connectivity index (χ1v) is 11.3. The number of amides is 2. The third-order valence-corrected chi connectivity index (χ3v) is 6.78. The number of hydrogen-bond donors (Lipinski definition) is 2. The second kappa shape index (κ2) is 9.37. The maximum Gasteiger partial charge on any atom is 0.266 e. The summed E-state index contributed by atoms with van der Waals surface area (Å²) in [5.41, 5.74) is 1.62. The van der Waals surface area contributed by atoms with Crippen molar-refractivity contribution in [2.24, 2.45) is 7.05 Å². The van der Waals surface area contributed by atoms with Gasteiger partial charge in [-0.2, -0.15) is 0 Å². The Morgan fingerprint density at radius 2 is 1.84 bits per heavy atom. The van der Waals surface area contributed by atoms with Gasteiger partial charge < -0.3 is 15.2 Å². The average molecular weight is 467 g/mol. The minimum atomic E-state index is -0.482. The number of rotatable bonds is 6. The van der Waals surface area contributed by atoms with Gasteiger partial charge in [0.25, 0.3) is 11.8 Å². The first-order chi connectivity index (χ1) is 15.4. The van der Waals surface area contributed by atoms with Gasteiger partial charge >= 0.3 is 0 Å². The average Bonchev–Trinajstić information content (AvgIpc) is 3.34. The number of aryl methyl sites for hydroxylation is 2. The van der Waals surface area contributed by atoms with Crippen molar-refractivity contribution < 1.29 is 14.0 Å². The molecule has 0 fully saturated rings. The van der Waals surface area contributed by atoms with Gasteiger partial charge in [-0.25, -0.2) is 9.37 Å². The number of hydrogen-bond acceptors (Lipinski definition) is 5. The molecule has 162 valence electrons. The van der Waals surface area contributed by atoms with Gasteiger partial charge in [0.05, 0.1) is 9.88 Å². The second-order valence-corrected chi connectivity index (χ2v) is 9.08. The number of anilines is 2. The number of carbonyl (C=O) groups excluding carboxylic acids is 2. The van der Waals surface area contributed by atoms with E-state index in [4.69, 9.17) is 0 Å². The van der Waals surface area contributed by atoms with Crippen LogP contribution in [0.4, 0.5) is 15.1 Å². The van der Waals surface area contributed by atoms with Gasteiger partial charge in [0.15, 0.2) is 5.16 Å². The number of thiophene rings is 1. The van der Waals surface area contributed by atoms with Crippen molar-refractivity contribution in [2.45, 2.75) is 17.0 Å². The standard InChI is InChI=1S/C23H19FN4O2S2/c1-14-12-19(27-21(29)15-4-3-5-16(24)13-15)32-20(14)22(30)26-17-6-8-18(9-7-17)31-23-25-10-11-28(23)2/h3-13H,1-2H3,(H,26,30)(H,27,29). The molecule has 0 saturated carbocycles. The zero-order valence-corrected chi connectivity index (χ0v) is 18.9. The lowest BCUT2D eigenvalue weighted by Gasteiger charge is -2.06. The van der Waals surface area contributed by atoms with E-state index in [1.54, 1.807) is 19.2 Å². The second-order valence-electron chi connectivity index (χ2n) is 6.99. The molecular weight excluding hydrogens is 447 g/mol. The van der Waals surface area contributed by atoms with E-state index in [1.165, 1.54) is 47.4 Å². The highest BCUT2D eigenvalue weighted by molar-refractivity contribution is 7.99. The van der Waals surface area contributed by atoms with Crippen LogP contribution < -0.4 is 10.6 Å². The van der Waals surface area contributed by atoms with Crippen molar-refractivity contribution in [1.82, 2.24) is 9.55 Å².